The molecule has 0 aliphatic heterocycles. The van der Waals surface area contributed by atoms with Gasteiger partial charge >= 0.3 is 0 Å². The van der Waals surface area contributed by atoms with Crippen molar-refractivity contribution in [3.8, 4) is 0 Å². The highest BCUT2D eigenvalue weighted by atomic mass is 28.3. The molecule has 6 atom stereocenters. The van der Waals surface area contributed by atoms with Gasteiger partial charge in [-0.25, -0.2) is 0 Å². The summed E-state index contributed by atoms with van der Waals surface area (Å²) in [5.74, 6) is 3.50. The molecular formula is C29H44Si. The molecule has 0 nitrogen and oxygen atoms in total. The lowest BCUT2D eigenvalue weighted by Crippen LogP contribution is -2.55. The number of allylic oxidation sites excluding steroid dienone is 4. The number of hydrogen-bond donors (Lipinski definition) is 0. The minimum Gasteiger partial charge on any atom is -0.0808 e. The van der Waals surface area contributed by atoms with Gasteiger partial charge in [-0.15, -0.1) is 0 Å². The van der Waals surface area contributed by atoms with Gasteiger partial charge in [0.15, 0.2) is 0 Å². The molecule has 1 heteroatoms. The molecule has 0 heterocycles. The maximum absolute atomic E-state index is 2.82. The Kier molecular flexibility index (Phi) is 6.23. The number of fused-ring (bicyclic) bond motifs is 3. The minimum atomic E-state index is -1.69. The van der Waals surface area contributed by atoms with E-state index in [2.05, 4.69) is 72.4 Å². The summed E-state index contributed by atoms with van der Waals surface area (Å²) in [5, 5.41) is 1.86. The Morgan fingerprint density at radius 1 is 0.767 bits per heavy atom. The molecule has 30 heavy (non-hydrogen) atoms. The van der Waals surface area contributed by atoms with Crippen LogP contribution >= 0.6 is 0 Å². The van der Waals surface area contributed by atoms with E-state index in [1.807, 2.05) is 5.19 Å². The van der Waals surface area contributed by atoms with Gasteiger partial charge in [-0.05, 0) is 98.1 Å². The van der Waals surface area contributed by atoms with Crippen LogP contribution in [0, 0.1) is 58.3 Å². The van der Waals surface area contributed by atoms with Crippen molar-refractivity contribution in [2.24, 2.45) is 23.7 Å². The second kappa shape index (κ2) is 8.45. The average molecular weight is 421 g/mol. The van der Waals surface area contributed by atoms with Gasteiger partial charge in [0.1, 0.15) is 0 Å². The van der Waals surface area contributed by atoms with Crippen LogP contribution in [0.3, 0.4) is 0 Å². The van der Waals surface area contributed by atoms with E-state index in [1.54, 1.807) is 22.3 Å². The lowest BCUT2D eigenvalue weighted by molar-refractivity contribution is 0.247. The molecule has 1 aromatic carbocycles. The third kappa shape index (κ3) is 3.31. The van der Waals surface area contributed by atoms with E-state index in [-0.39, 0.29) is 0 Å². The molecule has 0 N–H and O–H groups in total. The van der Waals surface area contributed by atoms with E-state index in [0.717, 1.165) is 29.2 Å². The van der Waals surface area contributed by atoms with Crippen molar-refractivity contribution < 1.29 is 0 Å². The minimum absolute atomic E-state index is 0.789. The lowest BCUT2D eigenvalue weighted by atomic mass is 9.77. The van der Waals surface area contributed by atoms with Crippen LogP contribution in [0.5, 0.6) is 0 Å². The smallest absolute Gasteiger partial charge is 0.0808 e. The molecule has 0 spiro atoms. The topological polar surface area (TPSA) is 0 Å². The van der Waals surface area contributed by atoms with Gasteiger partial charge < -0.3 is 0 Å². The summed E-state index contributed by atoms with van der Waals surface area (Å²) in [5.41, 5.74) is 8.87. The molecule has 2 saturated carbocycles. The van der Waals surface area contributed by atoms with Crippen molar-refractivity contribution in [3.05, 3.63) is 52.1 Å². The van der Waals surface area contributed by atoms with Crippen LogP contribution < -0.4 is 5.19 Å². The number of benzene rings is 1. The normalized spacial score (nSPS) is 32.0. The molecule has 2 fully saturated rings. The summed E-state index contributed by atoms with van der Waals surface area (Å²) in [4.78, 5) is 0. The van der Waals surface area contributed by atoms with Crippen LogP contribution in [0.15, 0.2) is 24.3 Å². The van der Waals surface area contributed by atoms with Crippen molar-refractivity contribution in [2.45, 2.75) is 98.2 Å². The fourth-order valence-electron chi connectivity index (χ4n) is 8.08. The summed E-state index contributed by atoms with van der Waals surface area (Å²) >= 11 is 0. The molecule has 0 amide bonds. The molecule has 3 aliphatic rings. The second-order valence-corrected chi connectivity index (χ2v) is 15.6. The first-order chi connectivity index (χ1) is 14.3. The van der Waals surface area contributed by atoms with Crippen molar-refractivity contribution in [1.29, 1.82) is 0 Å². The summed E-state index contributed by atoms with van der Waals surface area (Å²) in [6, 6.07) is 1.47. The average Bonchev–Trinajstić information content (AvgIpc) is 3.10. The highest BCUT2D eigenvalue weighted by Gasteiger charge is 2.57. The van der Waals surface area contributed by atoms with Crippen molar-refractivity contribution in [2.75, 3.05) is 0 Å². The van der Waals surface area contributed by atoms with Crippen LogP contribution in [0.25, 0.3) is 0 Å². The van der Waals surface area contributed by atoms with Crippen LogP contribution in [0.2, 0.25) is 18.1 Å². The van der Waals surface area contributed by atoms with Gasteiger partial charge in [0, 0.05) is 0 Å². The predicted molar refractivity (Wildman–Crippen MR) is 136 cm³/mol. The number of hydrogen-bond acceptors (Lipinski definition) is 0. The second-order valence-electron chi connectivity index (χ2n) is 11.1. The van der Waals surface area contributed by atoms with Crippen molar-refractivity contribution in [1.82, 2.24) is 0 Å². The summed E-state index contributed by atoms with van der Waals surface area (Å²) in [6.45, 7) is 17.3. The Labute approximate surface area is 187 Å². The molecule has 0 aromatic heterocycles. The Hall–Kier alpha value is -1.08. The first kappa shape index (κ1) is 22.1. The van der Waals surface area contributed by atoms with Crippen molar-refractivity contribution in [3.63, 3.8) is 0 Å². The largest absolute Gasteiger partial charge is 0.0883 e. The summed E-state index contributed by atoms with van der Waals surface area (Å²) in [6.07, 6.45) is 18.6. The Morgan fingerprint density at radius 2 is 1.30 bits per heavy atom. The number of rotatable bonds is 5. The summed E-state index contributed by atoms with van der Waals surface area (Å²) < 4.78 is 0. The van der Waals surface area contributed by atoms with Gasteiger partial charge in [-0.1, -0.05) is 81.1 Å². The van der Waals surface area contributed by atoms with E-state index in [4.69, 9.17) is 0 Å². The first-order valence-corrected chi connectivity index (χ1v) is 15.5. The van der Waals surface area contributed by atoms with Crippen molar-refractivity contribution >= 4 is 13.3 Å². The molecule has 164 valence electrons. The maximum atomic E-state index is 2.82. The summed E-state index contributed by atoms with van der Waals surface area (Å²) in [7, 11) is -1.69. The number of unbranched alkanes of at least 4 members (excludes halogenated alkanes) is 1. The van der Waals surface area contributed by atoms with E-state index in [0.29, 0.717) is 0 Å². The molecule has 3 aliphatic carbocycles. The van der Waals surface area contributed by atoms with Gasteiger partial charge in [0.2, 0.25) is 0 Å². The molecule has 0 bridgehead atoms. The highest BCUT2D eigenvalue weighted by Crippen LogP contribution is 2.61. The molecule has 0 radical (unpaired) electrons. The SMILES string of the molecule is CCCC[Si](C)(c1c(C)c(C)c(C)c(C)c1C)C1C2C=CC=CC2C2CCCCC21. The Balaban J connectivity index is 1.91. The fourth-order valence-corrected chi connectivity index (χ4v) is 14.7. The third-order valence-electron chi connectivity index (χ3n) is 9.82. The van der Waals surface area contributed by atoms with E-state index in [9.17, 15) is 0 Å². The predicted octanol–water partition coefficient (Wildman–Crippen LogP) is 7.86. The van der Waals surface area contributed by atoms with Gasteiger partial charge in [-0.3, -0.25) is 0 Å². The van der Waals surface area contributed by atoms with Crippen LogP contribution in [-0.2, 0) is 0 Å². The first-order valence-electron chi connectivity index (χ1n) is 12.7. The molecular weight excluding hydrogens is 376 g/mol. The molecule has 1 aromatic rings. The van der Waals surface area contributed by atoms with E-state index in [1.165, 1.54) is 50.1 Å². The highest BCUT2D eigenvalue weighted by molar-refractivity contribution is 6.92. The third-order valence-corrected chi connectivity index (χ3v) is 15.4. The van der Waals surface area contributed by atoms with Gasteiger partial charge in [0.05, 0.1) is 8.07 Å². The monoisotopic (exact) mass is 420 g/mol. The fraction of sp³-hybridized carbons (Fsp3) is 0.655. The zero-order chi connectivity index (χ0) is 21.6. The maximum Gasteiger partial charge on any atom is 0.0883 e. The zero-order valence-corrected chi connectivity index (χ0v) is 21.6. The quantitative estimate of drug-likeness (QED) is 0.425. The van der Waals surface area contributed by atoms with E-state index >= 15 is 0 Å². The van der Waals surface area contributed by atoms with Crippen LogP contribution in [-0.4, -0.2) is 8.07 Å². The van der Waals surface area contributed by atoms with Gasteiger partial charge in [0.25, 0.3) is 0 Å². The lowest BCUT2D eigenvalue weighted by Gasteiger charge is -2.44. The van der Waals surface area contributed by atoms with Gasteiger partial charge in [-0.2, -0.15) is 0 Å². The zero-order valence-electron chi connectivity index (χ0n) is 20.6. The van der Waals surface area contributed by atoms with Crippen LogP contribution in [0.4, 0.5) is 0 Å². The molecule has 0 saturated heterocycles. The Bertz CT molecular complexity index is 831. The Morgan fingerprint density at radius 3 is 1.90 bits per heavy atom. The molecule has 6 unspecified atom stereocenters. The van der Waals surface area contributed by atoms with Crippen LogP contribution in [0.1, 0.15) is 73.3 Å². The molecule has 4 rings (SSSR count). The standard InChI is InChI=1S/C29H44Si/c1-8-9-18-30(7,28-22(5)20(3)19(2)21(4)23(28)6)29-26-16-12-10-14-24(26)25-15-11-13-17-27(25)29/h10,12,14,16,24-27,29H,8-9,11,13,15,17-18H2,1-7H3. The van der Waals surface area contributed by atoms with E-state index < -0.39 is 8.07 Å².